The maximum absolute atomic E-state index is 12.4. The van der Waals surface area contributed by atoms with Gasteiger partial charge in [0.2, 0.25) is 5.91 Å². The first-order chi connectivity index (χ1) is 12.8. The third-order valence-corrected chi connectivity index (χ3v) is 4.17. The monoisotopic (exact) mass is 398 g/mol. The van der Waals surface area contributed by atoms with E-state index in [-0.39, 0.29) is 24.0 Å². The summed E-state index contributed by atoms with van der Waals surface area (Å²) in [7, 11) is 3.15. The zero-order valence-electron chi connectivity index (χ0n) is 15.3. The third-order valence-electron chi connectivity index (χ3n) is 3.77. The van der Waals surface area contributed by atoms with E-state index in [1.165, 1.54) is 13.2 Å². The third kappa shape index (κ3) is 6.37. The smallest absolute Gasteiger partial charge is 0.387 e. The SMILES string of the molecule is COc1cc(CN(C)CC(=O)Nc2ccc(C)c(Cl)c2)ccc1OC(F)F. The van der Waals surface area contributed by atoms with Crippen LogP contribution in [0.15, 0.2) is 36.4 Å². The van der Waals surface area contributed by atoms with Crippen LogP contribution >= 0.6 is 11.6 Å². The number of hydrogen-bond acceptors (Lipinski definition) is 4. The van der Waals surface area contributed by atoms with E-state index in [2.05, 4.69) is 10.1 Å². The Kier molecular flexibility index (Phi) is 7.38. The van der Waals surface area contributed by atoms with Gasteiger partial charge >= 0.3 is 6.61 Å². The molecule has 0 saturated carbocycles. The number of nitrogens with zero attached hydrogens (tertiary/aromatic N) is 1. The Labute approximate surface area is 161 Å². The average Bonchev–Trinajstić information content (AvgIpc) is 2.58. The van der Waals surface area contributed by atoms with E-state index >= 15 is 0 Å². The van der Waals surface area contributed by atoms with Gasteiger partial charge in [0.15, 0.2) is 11.5 Å². The predicted molar refractivity (Wildman–Crippen MR) is 101 cm³/mol. The number of nitrogens with one attached hydrogen (secondary N) is 1. The van der Waals surface area contributed by atoms with Gasteiger partial charge in [-0.2, -0.15) is 8.78 Å². The summed E-state index contributed by atoms with van der Waals surface area (Å²) in [5, 5.41) is 3.37. The van der Waals surface area contributed by atoms with Crippen molar-refractivity contribution in [3.63, 3.8) is 0 Å². The van der Waals surface area contributed by atoms with Crippen molar-refractivity contribution in [3.05, 3.63) is 52.5 Å². The number of benzene rings is 2. The van der Waals surface area contributed by atoms with Gasteiger partial charge < -0.3 is 14.8 Å². The molecule has 5 nitrogen and oxygen atoms in total. The Hall–Kier alpha value is -2.38. The molecule has 0 radical (unpaired) electrons. The molecule has 0 aliphatic rings. The zero-order chi connectivity index (χ0) is 20.0. The molecular formula is C19H21ClF2N2O3. The summed E-state index contributed by atoms with van der Waals surface area (Å²) in [5.74, 6) is -0.0186. The predicted octanol–water partition coefficient (Wildman–Crippen LogP) is 4.33. The minimum atomic E-state index is -2.92. The number of carbonyl (C=O) groups is 1. The average molecular weight is 399 g/mol. The lowest BCUT2D eigenvalue weighted by Crippen LogP contribution is -2.29. The van der Waals surface area contributed by atoms with Crippen molar-refractivity contribution in [2.45, 2.75) is 20.1 Å². The Morgan fingerprint density at radius 1 is 1.22 bits per heavy atom. The molecule has 0 aromatic heterocycles. The highest BCUT2D eigenvalue weighted by molar-refractivity contribution is 6.31. The van der Waals surface area contributed by atoms with Crippen LogP contribution in [0.4, 0.5) is 14.5 Å². The molecule has 0 aliphatic heterocycles. The molecule has 0 atom stereocenters. The first-order valence-electron chi connectivity index (χ1n) is 8.14. The topological polar surface area (TPSA) is 50.8 Å². The van der Waals surface area contributed by atoms with Gasteiger partial charge in [0.1, 0.15) is 0 Å². The van der Waals surface area contributed by atoms with Gasteiger partial charge in [0, 0.05) is 17.3 Å². The summed E-state index contributed by atoms with van der Waals surface area (Å²) >= 11 is 6.05. The molecule has 27 heavy (non-hydrogen) atoms. The van der Waals surface area contributed by atoms with Crippen molar-refractivity contribution in [1.82, 2.24) is 4.90 Å². The fraction of sp³-hybridized carbons (Fsp3) is 0.316. The molecule has 0 saturated heterocycles. The summed E-state index contributed by atoms with van der Waals surface area (Å²) in [5.41, 5.74) is 2.35. The Morgan fingerprint density at radius 3 is 2.59 bits per heavy atom. The van der Waals surface area contributed by atoms with E-state index < -0.39 is 6.61 Å². The van der Waals surface area contributed by atoms with Gasteiger partial charge in [-0.1, -0.05) is 23.7 Å². The normalized spacial score (nSPS) is 11.0. The molecule has 0 aliphatic carbocycles. The van der Waals surface area contributed by atoms with E-state index in [9.17, 15) is 13.6 Å². The minimum absolute atomic E-state index is 0.0344. The van der Waals surface area contributed by atoms with Gasteiger partial charge in [-0.25, -0.2) is 0 Å². The van der Waals surface area contributed by atoms with Gasteiger partial charge in [-0.15, -0.1) is 0 Å². The van der Waals surface area contributed by atoms with Crippen molar-refractivity contribution >= 4 is 23.2 Å². The Morgan fingerprint density at radius 2 is 1.96 bits per heavy atom. The molecule has 0 spiro atoms. The molecule has 1 amide bonds. The molecule has 2 aromatic rings. The first-order valence-corrected chi connectivity index (χ1v) is 8.52. The van der Waals surface area contributed by atoms with E-state index in [1.807, 2.05) is 13.0 Å². The highest BCUT2D eigenvalue weighted by Crippen LogP contribution is 2.29. The van der Waals surface area contributed by atoms with Crippen LogP contribution in [0.5, 0.6) is 11.5 Å². The van der Waals surface area contributed by atoms with Crippen LogP contribution in [-0.2, 0) is 11.3 Å². The van der Waals surface area contributed by atoms with Crippen LogP contribution < -0.4 is 14.8 Å². The number of methoxy groups -OCH3 is 1. The maximum Gasteiger partial charge on any atom is 0.387 e. The second-order valence-electron chi connectivity index (χ2n) is 6.05. The van der Waals surface area contributed by atoms with Crippen LogP contribution in [0.3, 0.4) is 0 Å². The molecule has 0 heterocycles. The van der Waals surface area contributed by atoms with Gasteiger partial charge in [-0.05, 0) is 49.4 Å². The maximum atomic E-state index is 12.4. The minimum Gasteiger partial charge on any atom is -0.493 e. The fourth-order valence-electron chi connectivity index (χ4n) is 2.49. The summed E-state index contributed by atoms with van der Waals surface area (Å²) in [4.78, 5) is 14.0. The summed E-state index contributed by atoms with van der Waals surface area (Å²) in [6.45, 7) is -0.476. The van der Waals surface area contributed by atoms with Crippen LogP contribution in [0.1, 0.15) is 11.1 Å². The van der Waals surface area contributed by atoms with E-state index in [4.69, 9.17) is 16.3 Å². The van der Waals surface area contributed by atoms with Gasteiger partial charge in [0.25, 0.3) is 0 Å². The van der Waals surface area contributed by atoms with Crippen molar-refractivity contribution in [3.8, 4) is 11.5 Å². The van der Waals surface area contributed by atoms with Crippen molar-refractivity contribution in [2.75, 3.05) is 26.0 Å². The summed E-state index contributed by atoms with van der Waals surface area (Å²) in [6.07, 6.45) is 0. The quantitative estimate of drug-likeness (QED) is 0.719. The molecule has 0 unspecified atom stereocenters. The highest BCUT2D eigenvalue weighted by Gasteiger charge is 2.13. The number of amides is 1. The number of anilines is 1. The number of likely N-dealkylation sites (N-methyl/N-ethyl adjacent to an activating group) is 1. The standard InChI is InChI=1S/C19H21ClF2N2O3/c1-12-4-6-14(9-15(12)20)23-18(25)11-24(2)10-13-5-7-16(27-19(21)22)17(8-13)26-3/h4-9,19H,10-11H2,1-3H3,(H,23,25). The van der Waals surface area contributed by atoms with Gasteiger partial charge in [-0.3, -0.25) is 9.69 Å². The second-order valence-corrected chi connectivity index (χ2v) is 6.46. The van der Waals surface area contributed by atoms with E-state index in [0.29, 0.717) is 17.3 Å². The molecule has 1 N–H and O–H groups in total. The number of hydrogen-bond donors (Lipinski definition) is 1. The lowest BCUT2D eigenvalue weighted by atomic mass is 10.2. The molecule has 2 aromatic carbocycles. The largest absolute Gasteiger partial charge is 0.493 e. The van der Waals surface area contributed by atoms with Crippen molar-refractivity contribution in [1.29, 1.82) is 0 Å². The number of rotatable bonds is 8. The number of carbonyl (C=O) groups excluding carboxylic acids is 1. The molecule has 146 valence electrons. The number of halogens is 3. The van der Waals surface area contributed by atoms with Crippen LogP contribution in [0.25, 0.3) is 0 Å². The fourth-order valence-corrected chi connectivity index (χ4v) is 2.67. The zero-order valence-corrected chi connectivity index (χ0v) is 16.0. The number of ether oxygens (including phenoxy) is 2. The van der Waals surface area contributed by atoms with Crippen LogP contribution in [0, 0.1) is 6.92 Å². The molecule has 0 fully saturated rings. The van der Waals surface area contributed by atoms with Crippen LogP contribution in [0.2, 0.25) is 5.02 Å². The van der Waals surface area contributed by atoms with Crippen molar-refractivity contribution in [2.24, 2.45) is 0 Å². The Bertz CT molecular complexity index is 803. The van der Waals surface area contributed by atoms with Gasteiger partial charge in [0.05, 0.1) is 13.7 Å². The number of alkyl halides is 2. The summed E-state index contributed by atoms with van der Waals surface area (Å²) in [6, 6.07) is 9.98. The molecule has 8 heteroatoms. The summed E-state index contributed by atoms with van der Waals surface area (Å²) < 4.78 is 34.2. The highest BCUT2D eigenvalue weighted by atomic mass is 35.5. The molecule has 0 bridgehead atoms. The van der Waals surface area contributed by atoms with Crippen molar-refractivity contribution < 1.29 is 23.0 Å². The molecule has 2 rings (SSSR count). The lowest BCUT2D eigenvalue weighted by molar-refractivity contribution is -0.117. The van der Waals surface area contributed by atoms with E-state index in [0.717, 1.165) is 11.1 Å². The Balaban J connectivity index is 1.95. The second kappa shape index (κ2) is 9.53. The number of aryl methyl sites for hydroxylation is 1. The first kappa shape index (κ1) is 20.9. The lowest BCUT2D eigenvalue weighted by Gasteiger charge is -2.18. The van der Waals surface area contributed by atoms with E-state index in [1.54, 1.807) is 36.2 Å². The molecular weight excluding hydrogens is 378 g/mol. The van der Waals surface area contributed by atoms with Crippen LogP contribution in [-0.4, -0.2) is 38.1 Å².